The highest BCUT2D eigenvalue weighted by atomic mass is 32.2. The first-order valence-electron chi connectivity index (χ1n) is 9.26. The molecule has 1 amide bonds. The molecule has 0 bridgehead atoms. The van der Waals surface area contributed by atoms with Crippen LogP contribution >= 0.6 is 0 Å². The number of primary sulfonamides is 1. The minimum Gasteiger partial charge on any atom is -0.355 e. The van der Waals surface area contributed by atoms with Gasteiger partial charge in [0.25, 0.3) is 21.9 Å². The highest BCUT2D eigenvalue weighted by Gasteiger charge is 2.60. The molecule has 8 nitrogen and oxygen atoms in total. The van der Waals surface area contributed by atoms with E-state index in [9.17, 15) is 35.2 Å². The summed E-state index contributed by atoms with van der Waals surface area (Å²) in [7, 11) is -4.19. The minimum absolute atomic E-state index is 0.0922. The van der Waals surface area contributed by atoms with E-state index in [4.69, 9.17) is 5.14 Å². The SMILES string of the molecule is NS(=O)(=O)c1cc(NC(=O)c2cc(C(F)(F)F)cnc2N2C[C@H]3CC(F)(F)[C@H]3C2)ccn1. The Morgan fingerprint density at radius 3 is 2.53 bits per heavy atom. The zero-order valence-corrected chi connectivity index (χ0v) is 16.9. The Balaban J connectivity index is 1.68. The summed E-state index contributed by atoms with van der Waals surface area (Å²) in [4.78, 5) is 21.5. The van der Waals surface area contributed by atoms with Crippen molar-refractivity contribution < 1.29 is 35.2 Å². The van der Waals surface area contributed by atoms with Crippen LogP contribution in [0.1, 0.15) is 22.3 Å². The predicted molar refractivity (Wildman–Crippen MR) is 102 cm³/mol. The monoisotopic (exact) mass is 477 g/mol. The number of sulfonamides is 1. The first-order chi connectivity index (χ1) is 14.8. The van der Waals surface area contributed by atoms with Crippen LogP contribution in [-0.2, 0) is 16.2 Å². The molecular formula is C18H16F5N5O3S. The Morgan fingerprint density at radius 2 is 1.94 bits per heavy atom. The molecule has 2 atom stereocenters. The largest absolute Gasteiger partial charge is 0.417 e. The molecule has 0 aromatic carbocycles. The smallest absolute Gasteiger partial charge is 0.355 e. The number of nitrogens with zero attached hydrogens (tertiary/aromatic N) is 3. The van der Waals surface area contributed by atoms with Crippen molar-refractivity contribution in [1.82, 2.24) is 9.97 Å². The van der Waals surface area contributed by atoms with Crippen molar-refractivity contribution in [1.29, 1.82) is 0 Å². The van der Waals surface area contributed by atoms with Gasteiger partial charge in [0, 0.05) is 49.6 Å². The van der Waals surface area contributed by atoms with E-state index in [1.165, 1.54) is 11.0 Å². The summed E-state index contributed by atoms with van der Waals surface area (Å²) in [5.74, 6) is -5.37. The molecule has 2 fully saturated rings. The minimum atomic E-state index is -4.80. The average molecular weight is 477 g/mol. The maximum Gasteiger partial charge on any atom is 0.417 e. The first-order valence-corrected chi connectivity index (χ1v) is 10.8. The molecule has 0 unspecified atom stereocenters. The molecule has 2 aromatic heterocycles. The molecule has 0 spiro atoms. The summed E-state index contributed by atoms with van der Waals surface area (Å²) in [6.07, 6.45) is -3.55. The molecule has 14 heteroatoms. The first kappa shape index (κ1) is 22.3. The van der Waals surface area contributed by atoms with Crippen LogP contribution in [0.2, 0.25) is 0 Å². The number of carbonyl (C=O) groups is 1. The highest BCUT2D eigenvalue weighted by molar-refractivity contribution is 7.89. The number of nitrogens with one attached hydrogen (secondary N) is 1. The number of halogens is 5. The molecule has 0 radical (unpaired) electrons. The molecule has 2 aromatic rings. The molecule has 1 aliphatic carbocycles. The normalized spacial score (nSPS) is 22.2. The molecule has 32 heavy (non-hydrogen) atoms. The third-order valence-electron chi connectivity index (χ3n) is 5.54. The van der Waals surface area contributed by atoms with Crippen molar-refractivity contribution >= 4 is 27.4 Å². The van der Waals surface area contributed by atoms with Gasteiger partial charge >= 0.3 is 6.18 Å². The Labute approximate surface area is 178 Å². The van der Waals surface area contributed by atoms with E-state index < -0.39 is 50.1 Å². The standard InChI is InChI=1S/C18H16F5N5O3S/c19-17(20)5-9-7-28(8-13(9)17)15-12(3-10(6-26-15)18(21,22)23)16(29)27-11-1-2-25-14(4-11)32(24,30)31/h1-4,6,9,13H,5,7-8H2,(H2,24,30,31)(H,25,27,29)/t9-,13+/m1/s1. The number of hydrogen-bond donors (Lipinski definition) is 2. The molecule has 1 aliphatic heterocycles. The Hall–Kier alpha value is -2.87. The van der Waals surface area contributed by atoms with Gasteiger partial charge in [0.05, 0.1) is 11.1 Å². The van der Waals surface area contributed by atoms with Crippen molar-refractivity contribution in [2.45, 2.75) is 23.5 Å². The third-order valence-corrected chi connectivity index (χ3v) is 6.35. The Morgan fingerprint density at radius 1 is 1.22 bits per heavy atom. The molecule has 4 rings (SSSR count). The van der Waals surface area contributed by atoms with Gasteiger partial charge in [0.15, 0.2) is 5.03 Å². The number of anilines is 2. The quantitative estimate of drug-likeness (QED) is 0.654. The van der Waals surface area contributed by atoms with Crippen molar-refractivity contribution in [2.75, 3.05) is 23.3 Å². The topological polar surface area (TPSA) is 118 Å². The number of hydrogen-bond acceptors (Lipinski definition) is 6. The van der Waals surface area contributed by atoms with E-state index in [0.29, 0.717) is 12.3 Å². The lowest BCUT2D eigenvalue weighted by molar-refractivity contribution is -0.152. The van der Waals surface area contributed by atoms with Gasteiger partial charge in [-0.05, 0) is 18.1 Å². The Kier molecular flexibility index (Phi) is 5.12. The fourth-order valence-electron chi connectivity index (χ4n) is 3.94. The second kappa shape index (κ2) is 7.33. The summed E-state index contributed by atoms with van der Waals surface area (Å²) in [5.41, 5.74) is -1.78. The summed E-state index contributed by atoms with van der Waals surface area (Å²) in [5, 5.41) is 6.72. The second-order valence-electron chi connectivity index (χ2n) is 7.71. The number of carbonyl (C=O) groups excluding carboxylic acids is 1. The Bertz CT molecular complexity index is 1190. The number of aromatic nitrogens is 2. The summed E-state index contributed by atoms with van der Waals surface area (Å²) in [6.45, 7) is -0.0230. The van der Waals surface area contributed by atoms with Gasteiger partial charge in [-0.2, -0.15) is 13.2 Å². The van der Waals surface area contributed by atoms with Crippen LogP contribution in [0.3, 0.4) is 0 Å². The lowest BCUT2D eigenvalue weighted by atomic mass is 9.72. The van der Waals surface area contributed by atoms with Gasteiger partial charge < -0.3 is 10.2 Å². The third kappa shape index (κ3) is 4.11. The van der Waals surface area contributed by atoms with E-state index in [2.05, 4.69) is 15.3 Å². The van der Waals surface area contributed by atoms with Gasteiger partial charge in [-0.15, -0.1) is 0 Å². The fraction of sp³-hybridized carbons (Fsp3) is 0.389. The summed E-state index contributed by atoms with van der Waals surface area (Å²) < 4.78 is 90.0. The van der Waals surface area contributed by atoms with Crippen LogP contribution in [-0.4, -0.2) is 43.3 Å². The van der Waals surface area contributed by atoms with E-state index in [0.717, 1.165) is 12.3 Å². The van der Waals surface area contributed by atoms with Gasteiger partial charge in [-0.25, -0.2) is 32.3 Å². The highest BCUT2D eigenvalue weighted by Crippen LogP contribution is 2.52. The molecule has 172 valence electrons. The molecule has 3 heterocycles. The van der Waals surface area contributed by atoms with Crippen molar-refractivity contribution in [3.63, 3.8) is 0 Å². The number of amides is 1. The van der Waals surface area contributed by atoms with E-state index >= 15 is 0 Å². The number of alkyl halides is 5. The van der Waals surface area contributed by atoms with Gasteiger partial charge in [-0.1, -0.05) is 0 Å². The van der Waals surface area contributed by atoms with Crippen LogP contribution in [0.4, 0.5) is 33.5 Å². The van der Waals surface area contributed by atoms with Crippen molar-refractivity contribution in [3.05, 3.63) is 41.7 Å². The van der Waals surface area contributed by atoms with E-state index in [1.54, 1.807) is 0 Å². The molecule has 1 saturated heterocycles. The van der Waals surface area contributed by atoms with E-state index in [-0.39, 0.29) is 36.9 Å². The molecule has 2 aliphatic rings. The predicted octanol–water partition coefficient (Wildman–Crippen LogP) is 2.49. The zero-order chi connectivity index (χ0) is 23.5. The van der Waals surface area contributed by atoms with Crippen LogP contribution in [0.5, 0.6) is 0 Å². The maximum atomic E-state index is 13.7. The number of nitrogens with two attached hydrogens (primary N) is 1. The fourth-order valence-corrected chi connectivity index (χ4v) is 4.44. The zero-order valence-electron chi connectivity index (χ0n) is 16.1. The number of pyridine rings is 2. The number of rotatable bonds is 4. The van der Waals surface area contributed by atoms with Crippen molar-refractivity contribution in [2.24, 2.45) is 17.0 Å². The molecule has 1 saturated carbocycles. The maximum absolute atomic E-state index is 13.7. The summed E-state index contributed by atoms with van der Waals surface area (Å²) in [6, 6.07) is 2.73. The second-order valence-corrected chi connectivity index (χ2v) is 9.22. The lowest BCUT2D eigenvalue weighted by Crippen LogP contribution is -2.46. The van der Waals surface area contributed by atoms with Gasteiger partial charge in [0.1, 0.15) is 5.82 Å². The average Bonchev–Trinajstić information content (AvgIpc) is 3.05. The van der Waals surface area contributed by atoms with Crippen molar-refractivity contribution in [3.8, 4) is 0 Å². The van der Waals surface area contributed by atoms with Crippen LogP contribution < -0.4 is 15.4 Å². The van der Waals surface area contributed by atoms with Gasteiger partial charge in [-0.3, -0.25) is 4.79 Å². The van der Waals surface area contributed by atoms with Crippen LogP contribution in [0, 0.1) is 11.8 Å². The molecular weight excluding hydrogens is 461 g/mol. The van der Waals surface area contributed by atoms with E-state index in [1.807, 2.05) is 0 Å². The lowest BCUT2D eigenvalue weighted by Gasteiger charge is -2.38. The molecule has 3 N–H and O–H groups in total. The number of fused-ring (bicyclic) bond motifs is 1. The van der Waals surface area contributed by atoms with Crippen LogP contribution in [0.15, 0.2) is 35.6 Å². The van der Waals surface area contributed by atoms with Crippen LogP contribution in [0.25, 0.3) is 0 Å². The summed E-state index contributed by atoms with van der Waals surface area (Å²) >= 11 is 0. The van der Waals surface area contributed by atoms with Gasteiger partial charge in [0.2, 0.25) is 0 Å².